The maximum atomic E-state index is 13.3. The summed E-state index contributed by atoms with van der Waals surface area (Å²) in [5, 5.41) is 3.64. The Morgan fingerprint density at radius 2 is 1.80 bits per heavy atom. The van der Waals surface area contributed by atoms with Crippen LogP contribution in [0.5, 0.6) is 0 Å². The smallest absolute Gasteiger partial charge is 0.212 e. The van der Waals surface area contributed by atoms with Gasteiger partial charge in [-0.15, -0.1) is 0 Å². The summed E-state index contributed by atoms with van der Waals surface area (Å²) in [5.74, 6) is -0.0679. The lowest BCUT2D eigenvalue weighted by Gasteiger charge is -2.02. The number of hydrogen-bond donors (Lipinski definition) is 1. The summed E-state index contributed by atoms with van der Waals surface area (Å²) in [7, 11) is 0. The molecule has 0 spiro atoms. The van der Waals surface area contributed by atoms with Crippen molar-refractivity contribution in [3.05, 3.63) is 47.7 Å². The molecule has 0 unspecified atom stereocenters. The SMILES string of the molecule is Cc1ccc(-c2onc(N)c2-c2cc(F)cc(F)c2)o1. The van der Waals surface area contributed by atoms with Crippen LogP contribution < -0.4 is 5.73 Å². The van der Waals surface area contributed by atoms with Crippen molar-refractivity contribution in [3.63, 3.8) is 0 Å². The summed E-state index contributed by atoms with van der Waals surface area (Å²) in [6, 6.07) is 6.51. The maximum Gasteiger partial charge on any atom is 0.212 e. The molecule has 2 N–H and O–H groups in total. The van der Waals surface area contributed by atoms with E-state index in [9.17, 15) is 8.78 Å². The molecule has 0 aliphatic rings. The fourth-order valence-corrected chi connectivity index (χ4v) is 2.00. The van der Waals surface area contributed by atoms with Crippen molar-refractivity contribution >= 4 is 5.82 Å². The van der Waals surface area contributed by atoms with E-state index in [1.807, 2.05) is 0 Å². The van der Waals surface area contributed by atoms with Crippen molar-refractivity contribution in [2.45, 2.75) is 6.92 Å². The number of halogens is 2. The van der Waals surface area contributed by atoms with Crippen molar-refractivity contribution in [1.29, 1.82) is 0 Å². The number of nitrogens with zero attached hydrogens (tertiary/aromatic N) is 1. The number of nitrogen functional groups attached to an aromatic ring is 1. The van der Waals surface area contributed by atoms with Gasteiger partial charge in [-0.25, -0.2) is 8.78 Å². The molecule has 0 saturated carbocycles. The molecular formula is C14H10F2N2O2. The topological polar surface area (TPSA) is 65.2 Å². The highest BCUT2D eigenvalue weighted by Crippen LogP contribution is 2.37. The molecule has 3 rings (SSSR count). The molecule has 20 heavy (non-hydrogen) atoms. The highest BCUT2D eigenvalue weighted by atomic mass is 19.1. The second-order valence-corrected chi connectivity index (χ2v) is 4.34. The highest BCUT2D eigenvalue weighted by Gasteiger charge is 2.21. The number of rotatable bonds is 2. The van der Waals surface area contributed by atoms with Crippen LogP contribution in [-0.4, -0.2) is 5.16 Å². The number of hydrogen-bond acceptors (Lipinski definition) is 4. The third-order valence-corrected chi connectivity index (χ3v) is 2.83. The zero-order valence-electron chi connectivity index (χ0n) is 10.5. The Kier molecular flexibility index (Phi) is 2.78. The Bertz CT molecular complexity index is 757. The number of nitrogens with two attached hydrogens (primary N) is 1. The van der Waals surface area contributed by atoms with Gasteiger partial charge in [0.2, 0.25) is 5.76 Å². The summed E-state index contributed by atoms with van der Waals surface area (Å²) < 4.78 is 37.2. The molecule has 1 aromatic carbocycles. The van der Waals surface area contributed by atoms with Gasteiger partial charge in [-0.3, -0.25) is 0 Å². The standard InChI is InChI=1S/C14H10F2N2O2/c1-7-2-3-11(19-7)13-12(14(17)18-20-13)8-4-9(15)6-10(16)5-8/h2-6H,1H3,(H2,17,18). The van der Waals surface area contributed by atoms with Crippen molar-refractivity contribution < 1.29 is 17.7 Å². The van der Waals surface area contributed by atoms with Gasteiger partial charge < -0.3 is 14.7 Å². The first-order valence-electron chi connectivity index (χ1n) is 5.83. The predicted molar refractivity (Wildman–Crippen MR) is 68.7 cm³/mol. The zero-order valence-corrected chi connectivity index (χ0v) is 10.5. The minimum Gasteiger partial charge on any atom is -0.458 e. The Morgan fingerprint density at radius 1 is 1.10 bits per heavy atom. The van der Waals surface area contributed by atoms with Crippen LogP contribution >= 0.6 is 0 Å². The number of aryl methyl sites for hydroxylation is 1. The first-order chi connectivity index (χ1) is 9.54. The summed E-state index contributed by atoms with van der Waals surface area (Å²) in [6.45, 7) is 1.77. The first-order valence-corrected chi connectivity index (χ1v) is 5.83. The van der Waals surface area contributed by atoms with Crippen molar-refractivity contribution in [2.24, 2.45) is 0 Å². The predicted octanol–water partition coefficient (Wildman–Crippen LogP) is 3.77. The second-order valence-electron chi connectivity index (χ2n) is 4.34. The van der Waals surface area contributed by atoms with Crippen LogP contribution in [0.3, 0.4) is 0 Å². The highest BCUT2D eigenvalue weighted by molar-refractivity contribution is 5.85. The Balaban J connectivity index is 2.21. The van der Waals surface area contributed by atoms with Crippen LogP contribution in [0.2, 0.25) is 0 Å². The van der Waals surface area contributed by atoms with Gasteiger partial charge in [0.15, 0.2) is 11.6 Å². The molecule has 0 aliphatic carbocycles. The molecule has 0 fully saturated rings. The lowest BCUT2D eigenvalue weighted by atomic mass is 10.0. The summed E-state index contributed by atoms with van der Waals surface area (Å²) in [6.07, 6.45) is 0. The number of anilines is 1. The van der Waals surface area contributed by atoms with Crippen molar-refractivity contribution in [2.75, 3.05) is 5.73 Å². The van der Waals surface area contributed by atoms with Gasteiger partial charge in [0, 0.05) is 6.07 Å². The van der Waals surface area contributed by atoms with Crippen LogP contribution in [0, 0.1) is 18.6 Å². The molecule has 102 valence electrons. The quantitative estimate of drug-likeness (QED) is 0.773. The number of furan rings is 1. The number of aromatic nitrogens is 1. The Morgan fingerprint density at radius 3 is 2.40 bits per heavy atom. The van der Waals surface area contributed by atoms with E-state index in [0.717, 1.165) is 18.2 Å². The molecule has 2 heterocycles. The molecule has 0 atom stereocenters. The fourth-order valence-electron chi connectivity index (χ4n) is 2.00. The van der Waals surface area contributed by atoms with Crippen LogP contribution in [-0.2, 0) is 0 Å². The largest absolute Gasteiger partial charge is 0.458 e. The third kappa shape index (κ3) is 2.05. The van der Waals surface area contributed by atoms with E-state index in [2.05, 4.69) is 5.16 Å². The van der Waals surface area contributed by atoms with Crippen LogP contribution in [0.15, 0.2) is 39.3 Å². The average Bonchev–Trinajstić information content (AvgIpc) is 2.94. The van der Waals surface area contributed by atoms with E-state index in [4.69, 9.17) is 14.7 Å². The molecule has 6 heteroatoms. The van der Waals surface area contributed by atoms with E-state index in [1.165, 1.54) is 0 Å². The third-order valence-electron chi connectivity index (χ3n) is 2.83. The van der Waals surface area contributed by atoms with Gasteiger partial charge >= 0.3 is 0 Å². The lowest BCUT2D eigenvalue weighted by molar-refractivity contribution is 0.418. The van der Waals surface area contributed by atoms with Crippen LogP contribution in [0.4, 0.5) is 14.6 Å². The zero-order chi connectivity index (χ0) is 14.3. The molecular weight excluding hydrogens is 266 g/mol. The van der Waals surface area contributed by atoms with Gasteiger partial charge in [0.05, 0.1) is 5.56 Å². The second kappa shape index (κ2) is 4.48. The molecule has 0 bridgehead atoms. The van der Waals surface area contributed by atoms with Gasteiger partial charge in [-0.05, 0) is 36.8 Å². The van der Waals surface area contributed by atoms with Crippen molar-refractivity contribution in [3.8, 4) is 22.6 Å². The molecule has 2 aromatic heterocycles. The van der Waals surface area contributed by atoms with Gasteiger partial charge in [0.25, 0.3) is 0 Å². The molecule has 0 radical (unpaired) electrons. The fraction of sp³-hybridized carbons (Fsp3) is 0.0714. The van der Waals surface area contributed by atoms with E-state index in [-0.39, 0.29) is 17.1 Å². The van der Waals surface area contributed by atoms with Gasteiger partial charge in [-0.1, -0.05) is 5.16 Å². The Labute approximate surface area is 112 Å². The first kappa shape index (κ1) is 12.4. The summed E-state index contributed by atoms with van der Waals surface area (Å²) in [4.78, 5) is 0. The monoisotopic (exact) mass is 276 g/mol. The average molecular weight is 276 g/mol. The van der Waals surface area contributed by atoms with Crippen LogP contribution in [0.1, 0.15) is 5.76 Å². The minimum atomic E-state index is -0.706. The van der Waals surface area contributed by atoms with E-state index in [1.54, 1.807) is 19.1 Å². The van der Waals surface area contributed by atoms with E-state index in [0.29, 0.717) is 17.1 Å². The summed E-state index contributed by atoms with van der Waals surface area (Å²) in [5.41, 5.74) is 6.27. The normalized spacial score (nSPS) is 10.9. The van der Waals surface area contributed by atoms with E-state index < -0.39 is 11.6 Å². The summed E-state index contributed by atoms with van der Waals surface area (Å²) >= 11 is 0. The van der Waals surface area contributed by atoms with Gasteiger partial charge in [0.1, 0.15) is 17.4 Å². The van der Waals surface area contributed by atoms with E-state index >= 15 is 0 Å². The lowest BCUT2D eigenvalue weighted by Crippen LogP contribution is -1.90. The molecule has 0 amide bonds. The molecule has 4 nitrogen and oxygen atoms in total. The maximum absolute atomic E-state index is 13.3. The Hall–Kier alpha value is -2.63. The molecule has 3 aromatic rings. The van der Waals surface area contributed by atoms with Gasteiger partial charge in [-0.2, -0.15) is 0 Å². The molecule has 0 aliphatic heterocycles. The minimum absolute atomic E-state index is 0.0408. The number of benzene rings is 1. The van der Waals surface area contributed by atoms with Crippen LogP contribution in [0.25, 0.3) is 22.6 Å². The van der Waals surface area contributed by atoms with Crippen molar-refractivity contribution in [1.82, 2.24) is 5.16 Å². The molecule has 0 saturated heterocycles.